The van der Waals surface area contributed by atoms with Crippen molar-refractivity contribution in [1.82, 2.24) is 4.98 Å². The van der Waals surface area contributed by atoms with E-state index in [9.17, 15) is 0 Å². The van der Waals surface area contributed by atoms with Crippen molar-refractivity contribution in [2.45, 2.75) is 57.6 Å². The molecule has 1 fully saturated rings. The Morgan fingerprint density at radius 1 is 1.50 bits per heavy atom. The van der Waals surface area contributed by atoms with E-state index in [1.54, 1.807) is 0 Å². The summed E-state index contributed by atoms with van der Waals surface area (Å²) in [4.78, 5) is 4.40. The smallest absolute Gasteiger partial charge is 0.0575 e. The summed E-state index contributed by atoms with van der Waals surface area (Å²) in [6, 6.07) is 4.27. The van der Waals surface area contributed by atoms with Crippen molar-refractivity contribution in [3.05, 3.63) is 29.6 Å². The molecule has 1 aliphatic rings. The number of aromatic nitrogens is 1. The maximum atomic E-state index is 6.20. The minimum Gasteiger partial charge on any atom is -0.378 e. The van der Waals surface area contributed by atoms with Crippen LogP contribution in [0.3, 0.4) is 0 Å². The number of rotatable bonds is 5. The lowest BCUT2D eigenvalue weighted by Crippen LogP contribution is -2.27. The normalized spacial score (nSPS) is 21.8. The lowest BCUT2D eigenvalue weighted by molar-refractivity contribution is 0.00914. The SMILES string of the molecule is Cc1cccnc1CC(N)CCC1CCCCO1. The van der Waals surface area contributed by atoms with E-state index in [0.29, 0.717) is 6.10 Å². The minimum atomic E-state index is 0.198. The fourth-order valence-electron chi connectivity index (χ4n) is 2.52. The van der Waals surface area contributed by atoms with Crippen LogP contribution >= 0.6 is 0 Å². The Balaban J connectivity index is 1.74. The Hall–Kier alpha value is -0.930. The molecule has 2 atom stereocenters. The lowest BCUT2D eigenvalue weighted by Gasteiger charge is -2.23. The number of nitrogens with zero attached hydrogens (tertiary/aromatic N) is 1. The van der Waals surface area contributed by atoms with Crippen molar-refractivity contribution < 1.29 is 4.74 Å². The fourth-order valence-corrected chi connectivity index (χ4v) is 2.52. The van der Waals surface area contributed by atoms with E-state index in [-0.39, 0.29) is 6.04 Å². The summed E-state index contributed by atoms with van der Waals surface area (Å²) in [7, 11) is 0. The van der Waals surface area contributed by atoms with Gasteiger partial charge in [0, 0.05) is 31.0 Å². The number of hydrogen-bond donors (Lipinski definition) is 1. The third kappa shape index (κ3) is 4.07. The molecule has 0 aromatic carbocycles. The average Bonchev–Trinajstić information content (AvgIpc) is 2.40. The van der Waals surface area contributed by atoms with Gasteiger partial charge in [-0.1, -0.05) is 6.07 Å². The zero-order chi connectivity index (χ0) is 12.8. The Morgan fingerprint density at radius 3 is 3.11 bits per heavy atom. The maximum Gasteiger partial charge on any atom is 0.0575 e. The zero-order valence-electron chi connectivity index (χ0n) is 11.3. The van der Waals surface area contributed by atoms with Crippen molar-refractivity contribution in [2.24, 2.45) is 5.73 Å². The van der Waals surface area contributed by atoms with Crippen LogP contribution in [0, 0.1) is 6.92 Å². The van der Waals surface area contributed by atoms with Crippen LogP contribution < -0.4 is 5.73 Å². The van der Waals surface area contributed by atoms with Crippen LogP contribution in [0.15, 0.2) is 18.3 Å². The molecule has 100 valence electrons. The number of pyridine rings is 1. The van der Waals surface area contributed by atoms with E-state index >= 15 is 0 Å². The molecule has 1 aromatic heterocycles. The zero-order valence-corrected chi connectivity index (χ0v) is 11.3. The molecule has 0 spiro atoms. The Bertz CT molecular complexity index is 361. The van der Waals surface area contributed by atoms with Gasteiger partial charge < -0.3 is 10.5 Å². The summed E-state index contributed by atoms with van der Waals surface area (Å²) in [5, 5.41) is 0. The summed E-state index contributed by atoms with van der Waals surface area (Å²) >= 11 is 0. The highest BCUT2D eigenvalue weighted by atomic mass is 16.5. The van der Waals surface area contributed by atoms with Gasteiger partial charge >= 0.3 is 0 Å². The summed E-state index contributed by atoms with van der Waals surface area (Å²) in [5.41, 5.74) is 8.57. The molecule has 1 aliphatic heterocycles. The highest BCUT2D eigenvalue weighted by Gasteiger charge is 2.15. The predicted molar refractivity (Wildman–Crippen MR) is 73.5 cm³/mol. The van der Waals surface area contributed by atoms with E-state index in [1.165, 1.54) is 24.8 Å². The molecule has 2 N–H and O–H groups in total. The van der Waals surface area contributed by atoms with Crippen LogP contribution in [0.5, 0.6) is 0 Å². The lowest BCUT2D eigenvalue weighted by atomic mass is 9.98. The summed E-state index contributed by atoms with van der Waals surface area (Å²) < 4.78 is 5.73. The first-order valence-electron chi connectivity index (χ1n) is 7.03. The van der Waals surface area contributed by atoms with Crippen molar-refractivity contribution in [3.63, 3.8) is 0 Å². The van der Waals surface area contributed by atoms with E-state index in [1.807, 2.05) is 12.3 Å². The largest absolute Gasteiger partial charge is 0.378 e. The monoisotopic (exact) mass is 248 g/mol. The molecule has 0 aliphatic carbocycles. The molecule has 0 amide bonds. The predicted octanol–water partition coefficient (Wildman–Crippen LogP) is 2.61. The van der Waals surface area contributed by atoms with Gasteiger partial charge in [0.15, 0.2) is 0 Å². The second-order valence-corrected chi connectivity index (χ2v) is 5.30. The molecular formula is C15H24N2O. The second-order valence-electron chi connectivity index (χ2n) is 5.30. The molecule has 1 aromatic rings. The van der Waals surface area contributed by atoms with Crippen LogP contribution in [0.1, 0.15) is 43.4 Å². The van der Waals surface area contributed by atoms with E-state index < -0.39 is 0 Å². The molecule has 3 heteroatoms. The fraction of sp³-hybridized carbons (Fsp3) is 0.667. The molecular weight excluding hydrogens is 224 g/mol. The molecule has 0 radical (unpaired) electrons. The Kier molecular flexibility index (Phi) is 5.14. The highest BCUT2D eigenvalue weighted by molar-refractivity contribution is 5.18. The summed E-state index contributed by atoms with van der Waals surface area (Å²) in [5.74, 6) is 0. The van der Waals surface area contributed by atoms with Crippen LogP contribution in [0.25, 0.3) is 0 Å². The molecule has 18 heavy (non-hydrogen) atoms. The summed E-state index contributed by atoms with van der Waals surface area (Å²) in [6.07, 6.45) is 9.01. The van der Waals surface area contributed by atoms with Gasteiger partial charge in [-0.05, 0) is 50.7 Å². The van der Waals surface area contributed by atoms with Crippen LogP contribution in [-0.2, 0) is 11.2 Å². The Morgan fingerprint density at radius 2 is 2.39 bits per heavy atom. The van der Waals surface area contributed by atoms with Crippen molar-refractivity contribution in [2.75, 3.05) is 6.61 Å². The number of hydrogen-bond acceptors (Lipinski definition) is 3. The van der Waals surface area contributed by atoms with Crippen molar-refractivity contribution in [1.29, 1.82) is 0 Å². The van der Waals surface area contributed by atoms with Crippen LogP contribution in [-0.4, -0.2) is 23.7 Å². The van der Waals surface area contributed by atoms with Crippen LogP contribution in [0.2, 0.25) is 0 Å². The van der Waals surface area contributed by atoms with E-state index in [2.05, 4.69) is 18.0 Å². The van der Waals surface area contributed by atoms with Gasteiger partial charge in [0.05, 0.1) is 6.10 Å². The number of nitrogens with two attached hydrogens (primary N) is 1. The van der Waals surface area contributed by atoms with Crippen molar-refractivity contribution >= 4 is 0 Å². The first kappa shape index (κ1) is 13.5. The van der Waals surface area contributed by atoms with E-state index in [0.717, 1.165) is 31.6 Å². The molecule has 2 heterocycles. The first-order chi connectivity index (χ1) is 8.75. The topological polar surface area (TPSA) is 48.1 Å². The van der Waals surface area contributed by atoms with Gasteiger partial charge in [0.2, 0.25) is 0 Å². The van der Waals surface area contributed by atoms with Gasteiger partial charge in [-0.25, -0.2) is 0 Å². The second kappa shape index (κ2) is 6.86. The third-order valence-corrected chi connectivity index (χ3v) is 3.71. The standard InChI is InChI=1S/C15H24N2O/c1-12-5-4-9-17-15(12)11-13(16)7-8-14-6-2-3-10-18-14/h4-5,9,13-14H,2-3,6-8,10-11,16H2,1H3. The molecule has 3 nitrogen and oxygen atoms in total. The molecule has 2 rings (SSSR count). The molecule has 1 saturated heterocycles. The first-order valence-corrected chi connectivity index (χ1v) is 7.03. The molecule has 0 saturated carbocycles. The minimum absolute atomic E-state index is 0.198. The third-order valence-electron chi connectivity index (χ3n) is 3.71. The van der Waals surface area contributed by atoms with Gasteiger partial charge in [0.25, 0.3) is 0 Å². The number of aryl methyl sites for hydroxylation is 1. The maximum absolute atomic E-state index is 6.20. The van der Waals surface area contributed by atoms with Crippen LogP contribution in [0.4, 0.5) is 0 Å². The quantitative estimate of drug-likeness (QED) is 0.871. The highest BCUT2D eigenvalue weighted by Crippen LogP contribution is 2.18. The van der Waals surface area contributed by atoms with Gasteiger partial charge in [-0.15, -0.1) is 0 Å². The van der Waals surface area contributed by atoms with E-state index in [4.69, 9.17) is 10.5 Å². The Labute approximate surface area is 110 Å². The summed E-state index contributed by atoms with van der Waals surface area (Å²) in [6.45, 7) is 3.03. The van der Waals surface area contributed by atoms with Crippen molar-refractivity contribution in [3.8, 4) is 0 Å². The number of ether oxygens (including phenoxy) is 1. The molecule has 0 bridgehead atoms. The average molecular weight is 248 g/mol. The van der Waals surface area contributed by atoms with Gasteiger partial charge in [-0.3, -0.25) is 4.98 Å². The van der Waals surface area contributed by atoms with Gasteiger partial charge in [0.1, 0.15) is 0 Å². The molecule has 2 unspecified atom stereocenters. The van der Waals surface area contributed by atoms with Gasteiger partial charge in [-0.2, -0.15) is 0 Å².